The first kappa shape index (κ1) is 12.5. The summed E-state index contributed by atoms with van der Waals surface area (Å²) in [5.74, 6) is 1.30. The molecule has 2 rings (SSSR count). The van der Waals surface area contributed by atoms with Crippen molar-refractivity contribution >= 4 is 0 Å². The van der Waals surface area contributed by atoms with Crippen LogP contribution in [0.15, 0.2) is 18.7 Å². The van der Waals surface area contributed by atoms with Gasteiger partial charge >= 0.3 is 0 Å². The van der Waals surface area contributed by atoms with Gasteiger partial charge in [-0.05, 0) is 35.7 Å². The lowest BCUT2D eigenvalue weighted by Crippen LogP contribution is -2.45. The zero-order chi connectivity index (χ0) is 12.5. The molecule has 1 heterocycles. The van der Waals surface area contributed by atoms with Gasteiger partial charge in [0, 0.05) is 18.4 Å². The van der Waals surface area contributed by atoms with Gasteiger partial charge in [-0.2, -0.15) is 0 Å². The second kappa shape index (κ2) is 4.73. The highest BCUT2D eigenvalue weighted by Crippen LogP contribution is 2.41. The molecular formula is C14H23N3. The van der Waals surface area contributed by atoms with Gasteiger partial charge in [-0.15, -0.1) is 0 Å². The topological polar surface area (TPSA) is 51.8 Å². The third-order valence-electron chi connectivity index (χ3n) is 4.39. The molecule has 0 amide bonds. The standard InChI is InChI=1S/C14H23N3/c1-10-4-5-12(13(15)6-10)14(2,3)11-7-16-9-17-8-11/h7-10,12-13H,4-6,15H2,1-3H3. The molecule has 0 saturated heterocycles. The van der Waals surface area contributed by atoms with Crippen LogP contribution in [-0.4, -0.2) is 16.0 Å². The molecule has 1 aliphatic carbocycles. The van der Waals surface area contributed by atoms with Gasteiger partial charge in [-0.1, -0.05) is 27.2 Å². The summed E-state index contributed by atoms with van der Waals surface area (Å²) in [6, 6.07) is 0.300. The summed E-state index contributed by atoms with van der Waals surface area (Å²) in [6.07, 6.45) is 9.08. The molecule has 2 N–H and O–H groups in total. The highest BCUT2D eigenvalue weighted by Gasteiger charge is 2.38. The van der Waals surface area contributed by atoms with Crippen molar-refractivity contribution < 1.29 is 0 Å². The van der Waals surface area contributed by atoms with E-state index in [4.69, 9.17) is 5.73 Å². The van der Waals surface area contributed by atoms with Crippen LogP contribution in [0.4, 0.5) is 0 Å². The maximum Gasteiger partial charge on any atom is 0.115 e. The molecule has 1 aliphatic rings. The molecule has 17 heavy (non-hydrogen) atoms. The number of hydrogen-bond donors (Lipinski definition) is 1. The van der Waals surface area contributed by atoms with E-state index in [1.807, 2.05) is 12.4 Å². The van der Waals surface area contributed by atoms with E-state index >= 15 is 0 Å². The fourth-order valence-corrected chi connectivity index (χ4v) is 3.17. The van der Waals surface area contributed by atoms with Gasteiger partial charge in [0.1, 0.15) is 6.33 Å². The first-order valence-corrected chi connectivity index (χ1v) is 6.53. The quantitative estimate of drug-likeness (QED) is 0.854. The number of nitrogens with zero attached hydrogens (tertiary/aromatic N) is 2. The molecular weight excluding hydrogens is 210 g/mol. The second-order valence-electron chi connectivity index (χ2n) is 6.04. The summed E-state index contributed by atoms with van der Waals surface area (Å²) < 4.78 is 0. The highest BCUT2D eigenvalue weighted by atomic mass is 14.8. The fraction of sp³-hybridized carbons (Fsp3) is 0.714. The minimum Gasteiger partial charge on any atom is -0.327 e. The lowest BCUT2D eigenvalue weighted by Gasteiger charge is -2.42. The first-order chi connectivity index (χ1) is 8.01. The molecule has 3 heteroatoms. The Kier molecular flexibility index (Phi) is 3.48. The summed E-state index contributed by atoms with van der Waals surface area (Å²) in [5.41, 5.74) is 7.63. The molecule has 1 aromatic rings. The predicted octanol–water partition coefficient (Wildman–Crippen LogP) is 2.52. The first-order valence-electron chi connectivity index (χ1n) is 6.53. The molecule has 1 aromatic heterocycles. The molecule has 0 spiro atoms. The van der Waals surface area contributed by atoms with Crippen LogP contribution >= 0.6 is 0 Å². The molecule has 3 nitrogen and oxygen atoms in total. The molecule has 1 saturated carbocycles. The average molecular weight is 233 g/mol. The van der Waals surface area contributed by atoms with Crippen molar-refractivity contribution in [2.45, 2.75) is 51.5 Å². The summed E-state index contributed by atoms with van der Waals surface area (Å²) in [6.45, 7) is 6.84. The minimum absolute atomic E-state index is 0.0703. The van der Waals surface area contributed by atoms with Crippen molar-refractivity contribution in [3.63, 3.8) is 0 Å². The van der Waals surface area contributed by atoms with Crippen molar-refractivity contribution in [1.82, 2.24) is 9.97 Å². The van der Waals surface area contributed by atoms with Crippen LogP contribution < -0.4 is 5.73 Å². The van der Waals surface area contributed by atoms with Gasteiger partial charge in [0.05, 0.1) is 0 Å². The molecule has 3 atom stereocenters. The Morgan fingerprint density at radius 1 is 1.24 bits per heavy atom. The van der Waals surface area contributed by atoms with Crippen molar-refractivity contribution in [2.24, 2.45) is 17.6 Å². The highest BCUT2D eigenvalue weighted by molar-refractivity contribution is 5.19. The van der Waals surface area contributed by atoms with Crippen molar-refractivity contribution in [3.05, 3.63) is 24.3 Å². The normalized spacial score (nSPS) is 30.2. The number of hydrogen-bond acceptors (Lipinski definition) is 3. The Morgan fingerprint density at radius 3 is 2.47 bits per heavy atom. The molecule has 94 valence electrons. The summed E-state index contributed by atoms with van der Waals surface area (Å²) >= 11 is 0. The zero-order valence-corrected chi connectivity index (χ0v) is 11.1. The third kappa shape index (κ3) is 2.49. The molecule has 0 aliphatic heterocycles. The van der Waals surface area contributed by atoms with Crippen molar-refractivity contribution in [1.29, 1.82) is 0 Å². The van der Waals surface area contributed by atoms with Crippen LogP contribution in [0, 0.1) is 11.8 Å². The lowest BCUT2D eigenvalue weighted by molar-refractivity contribution is 0.170. The van der Waals surface area contributed by atoms with Gasteiger partial charge in [0.2, 0.25) is 0 Å². The van der Waals surface area contributed by atoms with Crippen molar-refractivity contribution in [2.75, 3.05) is 0 Å². The van der Waals surface area contributed by atoms with Crippen LogP contribution in [0.5, 0.6) is 0 Å². The minimum atomic E-state index is 0.0703. The maximum absolute atomic E-state index is 6.35. The lowest BCUT2D eigenvalue weighted by atomic mass is 9.64. The van der Waals surface area contributed by atoms with Gasteiger partial charge in [-0.3, -0.25) is 0 Å². The van der Waals surface area contributed by atoms with Crippen LogP contribution in [0.2, 0.25) is 0 Å². The molecule has 1 fully saturated rings. The predicted molar refractivity (Wildman–Crippen MR) is 69.5 cm³/mol. The largest absolute Gasteiger partial charge is 0.327 e. The van der Waals surface area contributed by atoms with Gasteiger partial charge in [0.15, 0.2) is 0 Å². The average Bonchev–Trinajstić information content (AvgIpc) is 2.29. The number of aromatic nitrogens is 2. The summed E-state index contributed by atoms with van der Waals surface area (Å²) in [4.78, 5) is 8.27. The molecule has 0 radical (unpaired) electrons. The monoisotopic (exact) mass is 233 g/mol. The van der Waals surface area contributed by atoms with E-state index in [-0.39, 0.29) is 5.41 Å². The van der Waals surface area contributed by atoms with E-state index in [1.54, 1.807) is 6.33 Å². The Balaban J connectivity index is 2.21. The van der Waals surface area contributed by atoms with Crippen LogP contribution in [0.1, 0.15) is 45.6 Å². The Bertz CT molecular complexity index is 361. The summed E-state index contributed by atoms with van der Waals surface area (Å²) in [7, 11) is 0. The molecule has 3 unspecified atom stereocenters. The molecule has 0 aromatic carbocycles. The van der Waals surface area contributed by atoms with E-state index in [9.17, 15) is 0 Å². The summed E-state index contributed by atoms with van der Waals surface area (Å²) in [5, 5.41) is 0. The Labute approximate surface area is 104 Å². The number of rotatable bonds is 2. The van der Waals surface area contributed by atoms with Gasteiger partial charge < -0.3 is 5.73 Å². The van der Waals surface area contributed by atoms with Gasteiger partial charge in [-0.25, -0.2) is 9.97 Å². The van der Waals surface area contributed by atoms with Crippen LogP contribution in [0.3, 0.4) is 0 Å². The maximum atomic E-state index is 6.35. The van der Waals surface area contributed by atoms with Crippen molar-refractivity contribution in [3.8, 4) is 0 Å². The SMILES string of the molecule is CC1CCC(C(C)(C)c2cncnc2)C(N)C1. The zero-order valence-electron chi connectivity index (χ0n) is 11.1. The smallest absolute Gasteiger partial charge is 0.115 e. The number of nitrogens with two attached hydrogens (primary N) is 1. The fourth-order valence-electron chi connectivity index (χ4n) is 3.17. The third-order valence-corrected chi connectivity index (χ3v) is 4.39. The van der Waals surface area contributed by atoms with E-state index < -0.39 is 0 Å². The van der Waals surface area contributed by atoms with Gasteiger partial charge in [0.25, 0.3) is 0 Å². The second-order valence-corrected chi connectivity index (χ2v) is 6.04. The Hall–Kier alpha value is -0.960. The van der Waals surface area contributed by atoms with E-state index in [0.717, 1.165) is 12.3 Å². The van der Waals surface area contributed by atoms with E-state index in [2.05, 4.69) is 30.7 Å². The van der Waals surface area contributed by atoms with Crippen LogP contribution in [-0.2, 0) is 5.41 Å². The van der Waals surface area contributed by atoms with E-state index in [1.165, 1.54) is 18.4 Å². The van der Waals surface area contributed by atoms with Crippen LogP contribution in [0.25, 0.3) is 0 Å². The Morgan fingerprint density at radius 2 is 1.88 bits per heavy atom. The molecule has 0 bridgehead atoms. The van der Waals surface area contributed by atoms with E-state index in [0.29, 0.717) is 12.0 Å².